The second-order valence-corrected chi connectivity index (χ2v) is 5.26. The summed E-state index contributed by atoms with van der Waals surface area (Å²) in [5.41, 5.74) is 1.16. The van der Waals surface area contributed by atoms with Gasteiger partial charge in [0.05, 0.1) is 6.21 Å². The van der Waals surface area contributed by atoms with Crippen LogP contribution in [0.25, 0.3) is 11.4 Å². The highest BCUT2D eigenvalue weighted by Crippen LogP contribution is 2.19. The average molecular weight is 333 g/mol. The quantitative estimate of drug-likeness (QED) is 0.574. The molecule has 3 rings (SSSR count). The first-order valence-electron chi connectivity index (χ1n) is 6.37. The third kappa shape index (κ3) is 2.98. The Balaban J connectivity index is 2.01. The zero-order valence-electron chi connectivity index (χ0n) is 11.2. The van der Waals surface area contributed by atoms with E-state index in [1.54, 1.807) is 30.3 Å². The molecule has 7 heteroatoms. The Kier molecular flexibility index (Phi) is 4.13. The Hall–Kier alpha value is -2.31. The van der Waals surface area contributed by atoms with Gasteiger partial charge in [-0.2, -0.15) is 14.9 Å². The molecule has 0 radical (unpaired) electrons. The highest BCUT2D eigenvalue weighted by molar-refractivity contribution is 7.71. The van der Waals surface area contributed by atoms with Gasteiger partial charge in [-0.25, -0.2) is 9.49 Å². The lowest BCUT2D eigenvalue weighted by molar-refractivity contribution is 0.625. The molecule has 0 amide bonds. The van der Waals surface area contributed by atoms with Crippen molar-refractivity contribution in [3.05, 3.63) is 69.7 Å². The second kappa shape index (κ2) is 6.21. The topological polar surface area (TPSA) is 46.0 Å². The van der Waals surface area contributed by atoms with Gasteiger partial charge in [0.15, 0.2) is 5.82 Å². The summed E-state index contributed by atoms with van der Waals surface area (Å²) in [6, 6.07) is 13.5. The maximum atomic E-state index is 13.6. The van der Waals surface area contributed by atoms with Crippen molar-refractivity contribution in [1.29, 1.82) is 0 Å². The van der Waals surface area contributed by atoms with Crippen molar-refractivity contribution < 1.29 is 4.39 Å². The first-order valence-corrected chi connectivity index (χ1v) is 7.16. The van der Waals surface area contributed by atoms with Crippen LogP contribution in [0.4, 0.5) is 4.39 Å². The van der Waals surface area contributed by atoms with Gasteiger partial charge in [0.1, 0.15) is 5.82 Å². The van der Waals surface area contributed by atoms with Crippen LogP contribution in [0, 0.1) is 10.6 Å². The van der Waals surface area contributed by atoms with Crippen LogP contribution in [-0.2, 0) is 0 Å². The maximum absolute atomic E-state index is 13.6. The minimum Gasteiger partial charge on any atom is -0.250 e. The molecule has 1 N–H and O–H groups in total. The summed E-state index contributed by atoms with van der Waals surface area (Å²) >= 11 is 11.0. The van der Waals surface area contributed by atoms with E-state index in [0.717, 1.165) is 5.56 Å². The summed E-state index contributed by atoms with van der Waals surface area (Å²) < 4.78 is 15.4. The molecular formula is C15H10ClFN4S. The fourth-order valence-electron chi connectivity index (χ4n) is 1.88. The van der Waals surface area contributed by atoms with E-state index >= 15 is 0 Å². The van der Waals surface area contributed by atoms with Crippen LogP contribution in [0.3, 0.4) is 0 Å². The lowest BCUT2D eigenvalue weighted by atomic mass is 10.2. The third-order valence-corrected chi connectivity index (χ3v) is 3.49. The number of hydrogen-bond donors (Lipinski definition) is 1. The average Bonchev–Trinajstić information content (AvgIpc) is 2.88. The van der Waals surface area contributed by atoms with E-state index in [-0.39, 0.29) is 5.82 Å². The van der Waals surface area contributed by atoms with Gasteiger partial charge in [0, 0.05) is 16.1 Å². The van der Waals surface area contributed by atoms with Crippen LogP contribution in [-0.4, -0.2) is 21.1 Å². The highest BCUT2D eigenvalue weighted by atomic mass is 35.5. The smallest absolute Gasteiger partial charge is 0.216 e. The molecule has 110 valence electrons. The Morgan fingerprint density at radius 2 is 1.91 bits per heavy atom. The first kappa shape index (κ1) is 14.6. The van der Waals surface area contributed by atoms with E-state index < -0.39 is 0 Å². The molecule has 0 bridgehead atoms. The summed E-state index contributed by atoms with van der Waals surface area (Å²) in [5.74, 6) is 0.170. The molecule has 0 aliphatic heterocycles. The second-order valence-electron chi connectivity index (χ2n) is 4.44. The monoisotopic (exact) mass is 332 g/mol. The fourth-order valence-corrected chi connectivity index (χ4v) is 2.19. The molecule has 22 heavy (non-hydrogen) atoms. The van der Waals surface area contributed by atoms with Crippen LogP contribution in [0.2, 0.25) is 5.02 Å². The van der Waals surface area contributed by atoms with Gasteiger partial charge in [0.25, 0.3) is 0 Å². The van der Waals surface area contributed by atoms with Gasteiger partial charge in [-0.3, -0.25) is 0 Å². The molecule has 0 unspecified atom stereocenters. The number of aromatic amines is 1. The zero-order chi connectivity index (χ0) is 15.5. The number of rotatable bonds is 3. The van der Waals surface area contributed by atoms with Crippen LogP contribution < -0.4 is 0 Å². The summed E-state index contributed by atoms with van der Waals surface area (Å²) in [6.07, 6.45) is 1.40. The van der Waals surface area contributed by atoms with Crippen molar-refractivity contribution in [1.82, 2.24) is 14.9 Å². The summed E-state index contributed by atoms with van der Waals surface area (Å²) in [7, 11) is 0. The Morgan fingerprint density at radius 1 is 1.18 bits per heavy atom. The van der Waals surface area contributed by atoms with Gasteiger partial charge in [-0.05, 0) is 42.5 Å². The van der Waals surface area contributed by atoms with Gasteiger partial charge in [-0.1, -0.05) is 29.8 Å². The Labute approximate surface area is 135 Å². The number of halogens is 2. The Bertz CT molecular complexity index is 883. The molecule has 2 aromatic carbocycles. The number of aromatic nitrogens is 3. The standard InChI is InChI=1S/C15H10ClFN4S/c16-12-7-5-10(6-8-12)14-19-20-15(22)21(14)18-9-11-3-1-2-4-13(11)17/h1-9H,(H,20,22). The lowest BCUT2D eigenvalue weighted by Gasteiger charge is -2.01. The Morgan fingerprint density at radius 3 is 2.64 bits per heavy atom. The summed E-state index contributed by atoms with van der Waals surface area (Å²) in [4.78, 5) is 0. The number of nitrogens with one attached hydrogen (secondary N) is 1. The van der Waals surface area contributed by atoms with Crippen LogP contribution >= 0.6 is 23.8 Å². The molecule has 4 nitrogen and oxygen atoms in total. The molecule has 0 fully saturated rings. The molecular weight excluding hydrogens is 323 g/mol. The predicted molar refractivity (Wildman–Crippen MR) is 87.2 cm³/mol. The van der Waals surface area contributed by atoms with Crippen LogP contribution in [0.1, 0.15) is 5.56 Å². The number of benzene rings is 2. The summed E-state index contributed by atoms with van der Waals surface area (Å²) in [5, 5.41) is 11.7. The third-order valence-electron chi connectivity index (χ3n) is 2.97. The minimum atomic E-state index is -0.352. The van der Waals surface area contributed by atoms with Gasteiger partial charge >= 0.3 is 0 Å². The number of hydrogen-bond acceptors (Lipinski definition) is 3. The highest BCUT2D eigenvalue weighted by Gasteiger charge is 2.08. The molecule has 0 aliphatic carbocycles. The van der Waals surface area contributed by atoms with Crippen molar-refractivity contribution in [3.63, 3.8) is 0 Å². The number of H-pyrrole nitrogens is 1. The van der Waals surface area contributed by atoms with Crippen molar-refractivity contribution in [2.75, 3.05) is 0 Å². The maximum Gasteiger partial charge on any atom is 0.216 e. The predicted octanol–water partition coefficient (Wildman–Crippen LogP) is 4.28. The van der Waals surface area contributed by atoms with Gasteiger partial charge in [0.2, 0.25) is 4.77 Å². The van der Waals surface area contributed by atoms with Crippen molar-refractivity contribution >= 4 is 30.0 Å². The summed E-state index contributed by atoms with van der Waals surface area (Å²) in [6.45, 7) is 0. The van der Waals surface area contributed by atoms with Gasteiger partial charge < -0.3 is 0 Å². The normalized spacial score (nSPS) is 11.2. The van der Waals surface area contributed by atoms with E-state index in [1.807, 2.05) is 12.1 Å². The SMILES string of the molecule is Fc1ccccc1C=Nn1c(-c2ccc(Cl)cc2)n[nH]c1=S. The van der Waals surface area contributed by atoms with Crippen LogP contribution in [0.5, 0.6) is 0 Å². The molecule has 3 aromatic rings. The van der Waals surface area contributed by atoms with Crippen molar-refractivity contribution in [2.45, 2.75) is 0 Å². The largest absolute Gasteiger partial charge is 0.250 e. The van der Waals surface area contributed by atoms with Gasteiger partial charge in [-0.15, -0.1) is 0 Å². The lowest BCUT2D eigenvalue weighted by Crippen LogP contribution is -1.96. The molecule has 0 saturated heterocycles. The molecule has 0 aliphatic rings. The molecule has 1 aromatic heterocycles. The van der Waals surface area contributed by atoms with E-state index in [2.05, 4.69) is 15.3 Å². The molecule has 0 spiro atoms. The number of nitrogens with zero attached hydrogens (tertiary/aromatic N) is 3. The molecule has 0 saturated carbocycles. The van der Waals surface area contributed by atoms with Crippen LogP contribution in [0.15, 0.2) is 53.6 Å². The van der Waals surface area contributed by atoms with E-state index in [0.29, 0.717) is 21.2 Å². The zero-order valence-corrected chi connectivity index (χ0v) is 12.8. The van der Waals surface area contributed by atoms with Crippen molar-refractivity contribution in [3.8, 4) is 11.4 Å². The van der Waals surface area contributed by atoms with E-state index in [9.17, 15) is 4.39 Å². The molecule has 1 heterocycles. The molecule has 0 atom stereocenters. The van der Waals surface area contributed by atoms with Crippen molar-refractivity contribution in [2.24, 2.45) is 5.10 Å². The first-order chi connectivity index (χ1) is 10.6. The minimum absolute atomic E-state index is 0.317. The van der Waals surface area contributed by atoms with E-state index in [1.165, 1.54) is 17.0 Å². The fraction of sp³-hybridized carbons (Fsp3) is 0. The van der Waals surface area contributed by atoms with E-state index in [4.69, 9.17) is 23.8 Å².